The van der Waals surface area contributed by atoms with Crippen LogP contribution in [0.3, 0.4) is 0 Å². The Kier molecular flexibility index (Phi) is 14.2. The molecule has 2 amide bonds. The third kappa shape index (κ3) is 9.68. The number of phenols is 4. The van der Waals surface area contributed by atoms with E-state index in [1.807, 2.05) is 0 Å². The van der Waals surface area contributed by atoms with Crippen LogP contribution >= 0.6 is 0 Å². The molecule has 0 spiro atoms. The van der Waals surface area contributed by atoms with Crippen LogP contribution in [-0.4, -0.2) is 139 Å². The maximum absolute atomic E-state index is 12.8. The molecule has 4 aromatic rings. The number of aromatic hydroxyl groups is 4. The van der Waals surface area contributed by atoms with Gasteiger partial charge in [0.15, 0.2) is 0 Å². The zero-order valence-electron chi connectivity index (χ0n) is 26.6. The molecule has 0 aliphatic carbocycles. The van der Waals surface area contributed by atoms with Gasteiger partial charge < -0.3 is 41.3 Å². The molecule has 262 valence electrons. The van der Waals surface area contributed by atoms with E-state index in [-0.39, 0.29) is 81.6 Å². The average molecular weight is 777 g/mol. The predicted molar refractivity (Wildman–Crippen MR) is 182 cm³/mol. The number of benzene rings is 4. The van der Waals surface area contributed by atoms with Crippen molar-refractivity contribution in [3.05, 3.63) is 94.0 Å². The minimum absolute atomic E-state index is 0. The first kappa shape index (κ1) is 43.7. The Morgan fingerprint density at radius 1 is 0.500 bits per heavy atom. The third-order valence-corrected chi connectivity index (χ3v) is 8.56. The van der Waals surface area contributed by atoms with Gasteiger partial charge in [-0.3, -0.25) is 18.7 Å². The quantitative estimate of drug-likeness (QED) is 0.0478. The fourth-order valence-corrected chi connectivity index (χ4v) is 5.99. The van der Waals surface area contributed by atoms with Gasteiger partial charge in [0, 0.05) is 70.5 Å². The van der Waals surface area contributed by atoms with Gasteiger partial charge in [-0.25, -0.2) is 9.59 Å². The first-order valence-electron chi connectivity index (χ1n) is 13.3. The summed E-state index contributed by atoms with van der Waals surface area (Å²) in [6, 6.07) is 9.00. The van der Waals surface area contributed by atoms with Gasteiger partial charge in [0.2, 0.25) is 0 Å². The molecule has 0 saturated heterocycles. The fraction of sp³-hybridized carbons (Fsp3) is 0. The number of hydrogen-bond acceptors (Lipinski definition) is 12. The van der Waals surface area contributed by atoms with Gasteiger partial charge in [-0.2, -0.15) is 16.8 Å². The standard InChI is InChI=1S/C30H22N2O16S2.2Na/c33-17-7-9-19(35)25(29(39)40)23(17)27(37)31-15-5-3-13(21(11-15)49(43,44)45)1-2-14-4-6-16(12-22(14)50(46,47)48)32-28(38)24-18(34)8-10-20(36)26(24)30(41)42;;/h1-12,33-36H,(H,31,37)(H,32,38)(H,39,40)(H,41,42)(H,43,44,45)(H,46,47,48);;. The summed E-state index contributed by atoms with van der Waals surface area (Å²) < 4.78 is 68.6. The van der Waals surface area contributed by atoms with Crippen LogP contribution < -0.4 is 10.6 Å². The summed E-state index contributed by atoms with van der Waals surface area (Å²) in [5.74, 6) is -9.52. The summed E-state index contributed by atoms with van der Waals surface area (Å²) >= 11 is 0. The van der Waals surface area contributed by atoms with Crippen molar-refractivity contribution in [2.24, 2.45) is 0 Å². The Morgan fingerprint density at radius 3 is 1.06 bits per heavy atom. The molecule has 52 heavy (non-hydrogen) atoms. The Morgan fingerprint density at radius 2 is 0.788 bits per heavy atom. The van der Waals surface area contributed by atoms with Crippen molar-refractivity contribution in [1.29, 1.82) is 0 Å². The number of phenolic OH excluding ortho intramolecular Hbond substituents is 2. The minimum atomic E-state index is -5.08. The molecule has 4 aromatic carbocycles. The second-order valence-corrected chi connectivity index (χ2v) is 12.8. The summed E-state index contributed by atoms with van der Waals surface area (Å²) in [4.78, 5) is 47.1. The van der Waals surface area contributed by atoms with Crippen molar-refractivity contribution in [3.63, 3.8) is 0 Å². The second kappa shape index (κ2) is 16.9. The first-order valence-corrected chi connectivity index (χ1v) is 16.2. The SMILES string of the molecule is O=C(O)c1c(O)ccc(O)c1C(=O)Nc1ccc(C=Cc2ccc(NC(=O)c3c(O)ccc(O)c3C(=O)O)cc2S(=O)(=O)O)c(S(=O)(=O)O)c1.[Na].[Na]. The first-order chi connectivity index (χ1) is 23.2. The van der Waals surface area contributed by atoms with E-state index in [0.717, 1.165) is 72.8 Å². The predicted octanol–water partition coefficient (Wildman–Crippen LogP) is 2.31. The number of carbonyl (C=O) groups excluding carboxylic acids is 2. The summed E-state index contributed by atoms with van der Waals surface area (Å²) in [6.07, 6.45) is 1.95. The van der Waals surface area contributed by atoms with E-state index in [0.29, 0.717) is 0 Å². The third-order valence-electron chi connectivity index (χ3n) is 6.75. The normalized spacial score (nSPS) is 11.2. The maximum Gasteiger partial charge on any atom is 0.340 e. The van der Waals surface area contributed by atoms with Crippen molar-refractivity contribution in [2.75, 3.05) is 10.6 Å². The Balaban J connectivity index is 0.00000468. The minimum Gasteiger partial charge on any atom is -0.507 e. The number of nitrogens with one attached hydrogen (secondary N) is 2. The van der Waals surface area contributed by atoms with Crippen molar-refractivity contribution in [2.45, 2.75) is 9.79 Å². The van der Waals surface area contributed by atoms with Crippen LogP contribution in [-0.2, 0) is 20.2 Å². The zero-order valence-corrected chi connectivity index (χ0v) is 32.2. The number of carbonyl (C=O) groups is 4. The van der Waals surface area contributed by atoms with Crippen molar-refractivity contribution < 1.29 is 75.8 Å². The van der Waals surface area contributed by atoms with Crippen LogP contribution in [0.4, 0.5) is 11.4 Å². The van der Waals surface area contributed by atoms with Gasteiger partial charge in [-0.05, 0) is 59.7 Å². The van der Waals surface area contributed by atoms with E-state index in [9.17, 15) is 75.8 Å². The van der Waals surface area contributed by atoms with Crippen LogP contribution in [0.2, 0.25) is 0 Å². The van der Waals surface area contributed by atoms with Gasteiger partial charge in [-0.15, -0.1) is 0 Å². The summed E-state index contributed by atoms with van der Waals surface area (Å²) in [5.41, 5.74) is -4.96. The Bertz CT molecular complexity index is 2220. The zero-order chi connectivity index (χ0) is 37.3. The van der Waals surface area contributed by atoms with Crippen LogP contribution in [0.5, 0.6) is 23.0 Å². The molecule has 0 fully saturated rings. The van der Waals surface area contributed by atoms with E-state index in [1.54, 1.807) is 0 Å². The summed E-state index contributed by atoms with van der Waals surface area (Å²) in [6.45, 7) is 0. The molecule has 0 heterocycles. The number of hydrogen-bond donors (Lipinski definition) is 10. The number of aromatic carboxylic acids is 2. The summed E-state index contributed by atoms with van der Waals surface area (Å²) in [7, 11) is -10.2. The summed E-state index contributed by atoms with van der Waals surface area (Å²) in [5, 5.41) is 62.8. The van der Waals surface area contributed by atoms with Crippen molar-refractivity contribution in [1.82, 2.24) is 0 Å². The molecule has 0 aromatic heterocycles. The van der Waals surface area contributed by atoms with E-state index in [2.05, 4.69) is 10.6 Å². The van der Waals surface area contributed by atoms with Crippen LogP contribution in [0, 0.1) is 0 Å². The van der Waals surface area contributed by atoms with Gasteiger partial charge >= 0.3 is 11.9 Å². The second-order valence-electron chi connectivity index (χ2n) is 10.0. The largest absolute Gasteiger partial charge is 0.507 e. The number of amides is 2. The number of anilines is 2. The molecule has 0 unspecified atom stereocenters. The van der Waals surface area contributed by atoms with E-state index in [1.165, 1.54) is 0 Å². The average Bonchev–Trinajstić information content (AvgIpc) is 3.01. The number of carboxylic acids is 2. The topological polar surface area (TPSA) is 322 Å². The molecule has 0 bridgehead atoms. The Hall–Kier alpha value is -4.48. The Labute approximate surface area is 337 Å². The maximum atomic E-state index is 12.8. The fourth-order valence-electron chi connectivity index (χ4n) is 4.57. The van der Waals surface area contributed by atoms with Crippen LogP contribution in [0.1, 0.15) is 52.6 Å². The van der Waals surface area contributed by atoms with Crippen LogP contribution in [0.25, 0.3) is 12.2 Å². The molecule has 0 saturated carbocycles. The number of carboxylic acid groups (broad SMARTS) is 2. The van der Waals surface area contributed by atoms with Crippen molar-refractivity contribution in [3.8, 4) is 23.0 Å². The molecule has 0 aliphatic heterocycles. The molecule has 2 radical (unpaired) electrons. The molecular weight excluding hydrogens is 754 g/mol. The van der Waals surface area contributed by atoms with Gasteiger partial charge in [-0.1, -0.05) is 24.3 Å². The van der Waals surface area contributed by atoms with E-state index in [4.69, 9.17) is 0 Å². The molecule has 0 aliphatic rings. The van der Waals surface area contributed by atoms with Gasteiger partial charge in [0.05, 0.1) is 11.1 Å². The molecule has 4 rings (SSSR count). The van der Waals surface area contributed by atoms with Gasteiger partial charge in [0.1, 0.15) is 43.9 Å². The molecule has 0 atom stereocenters. The van der Waals surface area contributed by atoms with Crippen molar-refractivity contribution >= 4 is 127 Å². The smallest absolute Gasteiger partial charge is 0.340 e. The van der Waals surface area contributed by atoms with Crippen LogP contribution in [0.15, 0.2) is 70.5 Å². The molecule has 10 N–H and O–H groups in total. The molecule has 18 nitrogen and oxygen atoms in total. The molecule has 22 heteroatoms. The van der Waals surface area contributed by atoms with Gasteiger partial charge in [0.25, 0.3) is 32.1 Å². The molecular formula is C30H22N2Na2O16S2. The number of rotatable bonds is 10. The monoisotopic (exact) mass is 776 g/mol. The van der Waals surface area contributed by atoms with E-state index < -0.39 is 99.0 Å². The van der Waals surface area contributed by atoms with E-state index >= 15 is 0 Å².